The van der Waals surface area contributed by atoms with E-state index in [-0.39, 0.29) is 12.8 Å². The molecule has 2 atom stereocenters. The Morgan fingerprint density at radius 3 is 3.00 bits per heavy atom. The molecular weight excluding hydrogens is 318 g/mol. The molecule has 25 heavy (non-hydrogen) atoms. The van der Waals surface area contributed by atoms with Gasteiger partial charge in [0, 0.05) is 31.7 Å². The zero-order chi connectivity index (χ0) is 17.2. The minimum Gasteiger partial charge on any atom is -0.454 e. The Hall–Kier alpha value is -1.95. The third kappa shape index (κ3) is 3.40. The molecule has 2 saturated heterocycles. The van der Waals surface area contributed by atoms with Gasteiger partial charge in [0.1, 0.15) is 0 Å². The summed E-state index contributed by atoms with van der Waals surface area (Å²) in [5.41, 5.74) is 1.06. The van der Waals surface area contributed by atoms with Gasteiger partial charge in [-0.2, -0.15) is 0 Å². The van der Waals surface area contributed by atoms with E-state index in [4.69, 9.17) is 9.47 Å². The Morgan fingerprint density at radius 2 is 2.12 bits per heavy atom. The zero-order valence-electron chi connectivity index (χ0n) is 14.9. The fourth-order valence-electron chi connectivity index (χ4n) is 4.25. The molecule has 2 amide bonds. The number of carbonyl (C=O) groups excluding carboxylic acids is 1. The molecule has 0 aromatic heterocycles. The number of benzene rings is 1. The number of ether oxygens (including phenoxy) is 2. The molecule has 0 spiro atoms. The molecule has 1 aromatic carbocycles. The van der Waals surface area contributed by atoms with Crippen LogP contribution < -0.4 is 14.8 Å². The average molecular weight is 345 g/mol. The van der Waals surface area contributed by atoms with E-state index in [1.165, 1.54) is 25.8 Å². The van der Waals surface area contributed by atoms with E-state index in [0.29, 0.717) is 25.2 Å². The molecule has 0 radical (unpaired) electrons. The van der Waals surface area contributed by atoms with Crippen LogP contribution in [0.15, 0.2) is 18.2 Å². The summed E-state index contributed by atoms with van der Waals surface area (Å²) in [7, 11) is 0. The number of hydrogen-bond donors (Lipinski definition) is 1. The maximum Gasteiger partial charge on any atom is 0.317 e. The first kappa shape index (κ1) is 16.5. The lowest BCUT2D eigenvalue weighted by Crippen LogP contribution is -2.50. The van der Waals surface area contributed by atoms with Crippen LogP contribution in [0.3, 0.4) is 0 Å². The number of nitrogens with one attached hydrogen (secondary N) is 1. The van der Waals surface area contributed by atoms with E-state index in [1.54, 1.807) is 0 Å². The van der Waals surface area contributed by atoms with E-state index in [2.05, 4.69) is 10.2 Å². The van der Waals surface area contributed by atoms with Crippen molar-refractivity contribution in [3.63, 3.8) is 0 Å². The van der Waals surface area contributed by atoms with Gasteiger partial charge in [0.15, 0.2) is 11.5 Å². The van der Waals surface area contributed by atoms with Crippen molar-refractivity contribution in [1.82, 2.24) is 15.1 Å². The highest BCUT2D eigenvalue weighted by Gasteiger charge is 2.36. The lowest BCUT2D eigenvalue weighted by atomic mass is 9.99. The Labute approximate surface area is 149 Å². The highest BCUT2D eigenvalue weighted by Crippen LogP contribution is 2.33. The Morgan fingerprint density at radius 1 is 1.24 bits per heavy atom. The second-order valence-electron chi connectivity index (χ2n) is 7.15. The minimum atomic E-state index is 0.0394. The number of carbonyl (C=O) groups is 1. The smallest absolute Gasteiger partial charge is 0.317 e. The van der Waals surface area contributed by atoms with E-state index in [1.807, 2.05) is 30.0 Å². The SMILES string of the molecule is CCN(Cc1ccc2c(c1)OCO2)C(=O)NC1CCN2CCCCC12. The van der Waals surface area contributed by atoms with Crippen molar-refractivity contribution in [2.75, 3.05) is 26.4 Å². The average Bonchev–Trinajstić information content (AvgIpc) is 3.26. The molecular formula is C19H27N3O3. The first-order chi connectivity index (χ1) is 12.2. The van der Waals surface area contributed by atoms with Gasteiger partial charge in [-0.25, -0.2) is 4.79 Å². The molecule has 3 aliphatic heterocycles. The first-order valence-electron chi connectivity index (χ1n) is 9.42. The minimum absolute atomic E-state index is 0.0394. The molecule has 3 heterocycles. The van der Waals surface area contributed by atoms with Gasteiger partial charge in [0.05, 0.1) is 0 Å². The van der Waals surface area contributed by atoms with Gasteiger partial charge in [-0.3, -0.25) is 4.90 Å². The van der Waals surface area contributed by atoms with Gasteiger partial charge >= 0.3 is 6.03 Å². The molecule has 6 nitrogen and oxygen atoms in total. The second-order valence-corrected chi connectivity index (χ2v) is 7.15. The van der Waals surface area contributed by atoms with Crippen molar-refractivity contribution in [2.24, 2.45) is 0 Å². The number of piperidine rings is 1. The van der Waals surface area contributed by atoms with Gasteiger partial charge in [0.25, 0.3) is 0 Å². The van der Waals surface area contributed by atoms with Crippen LogP contribution in [0, 0.1) is 0 Å². The van der Waals surface area contributed by atoms with Crippen LogP contribution in [0.4, 0.5) is 4.79 Å². The van der Waals surface area contributed by atoms with Gasteiger partial charge in [-0.1, -0.05) is 12.5 Å². The van der Waals surface area contributed by atoms with Crippen LogP contribution in [-0.2, 0) is 6.54 Å². The molecule has 2 fully saturated rings. The summed E-state index contributed by atoms with van der Waals surface area (Å²) in [6.45, 7) is 5.86. The molecule has 4 rings (SSSR count). The normalized spacial score (nSPS) is 24.8. The standard InChI is InChI=1S/C19H27N3O3/c1-2-21(12-14-6-7-17-18(11-14)25-13-24-17)19(23)20-15-8-10-22-9-4-3-5-16(15)22/h6-7,11,15-16H,2-5,8-10,12-13H2,1H3,(H,20,23). The monoisotopic (exact) mass is 345 g/mol. The Bertz CT molecular complexity index is 636. The number of urea groups is 1. The van der Waals surface area contributed by atoms with E-state index in [0.717, 1.165) is 30.0 Å². The van der Waals surface area contributed by atoms with E-state index in [9.17, 15) is 4.79 Å². The molecule has 0 saturated carbocycles. The summed E-state index contributed by atoms with van der Waals surface area (Å²) in [6.07, 6.45) is 4.85. The van der Waals surface area contributed by atoms with Crippen molar-refractivity contribution >= 4 is 6.03 Å². The number of rotatable bonds is 4. The van der Waals surface area contributed by atoms with E-state index >= 15 is 0 Å². The summed E-state index contributed by atoms with van der Waals surface area (Å²) in [6, 6.07) is 6.75. The van der Waals surface area contributed by atoms with Gasteiger partial charge in [-0.05, 0) is 50.4 Å². The number of amides is 2. The molecule has 0 bridgehead atoms. The molecule has 2 unspecified atom stereocenters. The van der Waals surface area contributed by atoms with Crippen molar-refractivity contribution in [3.05, 3.63) is 23.8 Å². The maximum absolute atomic E-state index is 12.8. The third-order valence-electron chi connectivity index (χ3n) is 5.64. The fraction of sp³-hybridized carbons (Fsp3) is 0.632. The van der Waals surface area contributed by atoms with Crippen LogP contribution >= 0.6 is 0 Å². The van der Waals surface area contributed by atoms with Crippen molar-refractivity contribution in [2.45, 2.75) is 51.2 Å². The Balaban J connectivity index is 1.38. The summed E-state index contributed by atoms with van der Waals surface area (Å²) in [4.78, 5) is 17.2. The summed E-state index contributed by atoms with van der Waals surface area (Å²) < 4.78 is 10.8. The van der Waals surface area contributed by atoms with Crippen LogP contribution in [0.1, 0.15) is 38.2 Å². The second kappa shape index (κ2) is 7.12. The summed E-state index contributed by atoms with van der Waals surface area (Å²) in [5.74, 6) is 1.54. The first-order valence-corrected chi connectivity index (χ1v) is 9.42. The quantitative estimate of drug-likeness (QED) is 0.911. The summed E-state index contributed by atoms with van der Waals surface area (Å²) in [5, 5.41) is 3.29. The largest absolute Gasteiger partial charge is 0.454 e. The molecule has 1 N–H and O–H groups in total. The number of hydrogen-bond acceptors (Lipinski definition) is 4. The fourth-order valence-corrected chi connectivity index (χ4v) is 4.25. The molecule has 0 aliphatic carbocycles. The molecule has 6 heteroatoms. The number of fused-ring (bicyclic) bond motifs is 2. The molecule has 3 aliphatic rings. The lowest BCUT2D eigenvalue weighted by Gasteiger charge is -2.33. The predicted octanol–water partition coefficient (Wildman–Crippen LogP) is 2.57. The van der Waals surface area contributed by atoms with Gasteiger partial charge in [-0.15, -0.1) is 0 Å². The van der Waals surface area contributed by atoms with E-state index < -0.39 is 0 Å². The van der Waals surface area contributed by atoms with Crippen LogP contribution in [0.5, 0.6) is 11.5 Å². The van der Waals surface area contributed by atoms with Crippen LogP contribution in [0.2, 0.25) is 0 Å². The lowest BCUT2D eigenvalue weighted by molar-refractivity contribution is 0.167. The topological polar surface area (TPSA) is 54.0 Å². The van der Waals surface area contributed by atoms with Crippen molar-refractivity contribution in [1.29, 1.82) is 0 Å². The summed E-state index contributed by atoms with van der Waals surface area (Å²) >= 11 is 0. The van der Waals surface area contributed by atoms with Crippen LogP contribution in [0.25, 0.3) is 0 Å². The predicted molar refractivity (Wildman–Crippen MR) is 94.8 cm³/mol. The van der Waals surface area contributed by atoms with Crippen LogP contribution in [-0.4, -0.2) is 54.3 Å². The number of nitrogens with zero attached hydrogens (tertiary/aromatic N) is 2. The van der Waals surface area contributed by atoms with Crippen molar-refractivity contribution in [3.8, 4) is 11.5 Å². The molecule has 136 valence electrons. The van der Waals surface area contributed by atoms with Crippen molar-refractivity contribution < 1.29 is 14.3 Å². The third-order valence-corrected chi connectivity index (χ3v) is 5.64. The Kier molecular flexibility index (Phi) is 4.70. The van der Waals surface area contributed by atoms with Gasteiger partial charge in [0.2, 0.25) is 6.79 Å². The maximum atomic E-state index is 12.8. The zero-order valence-corrected chi connectivity index (χ0v) is 14.9. The highest BCUT2D eigenvalue weighted by atomic mass is 16.7. The highest BCUT2D eigenvalue weighted by molar-refractivity contribution is 5.74. The van der Waals surface area contributed by atoms with Gasteiger partial charge < -0.3 is 19.7 Å². The molecule has 1 aromatic rings.